The van der Waals surface area contributed by atoms with Gasteiger partial charge in [0.2, 0.25) is 0 Å². The van der Waals surface area contributed by atoms with E-state index in [9.17, 15) is 10.1 Å². The molecule has 0 radical (unpaired) electrons. The summed E-state index contributed by atoms with van der Waals surface area (Å²) in [6, 6.07) is 9.23. The molecule has 0 spiro atoms. The van der Waals surface area contributed by atoms with Crippen LogP contribution in [0.5, 0.6) is 0 Å². The van der Waals surface area contributed by atoms with Crippen molar-refractivity contribution in [1.29, 1.82) is 5.26 Å². The van der Waals surface area contributed by atoms with Gasteiger partial charge in [0.05, 0.1) is 6.10 Å². The van der Waals surface area contributed by atoms with Gasteiger partial charge in [-0.1, -0.05) is 0 Å². The summed E-state index contributed by atoms with van der Waals surface area (Å²) in [6.07, 6.45) is 4.02. The fourth-order valence-corrected chi connectivity index (χ4v) is 3.87. The number of hydrogen-bond acceptors (Lipinski definition) is 5. The summed E-state index contributed by atoms with van der Waals surface area (Å²) in [6.45, 7) is 7.40. The van der Waals surface area contributed by atoms with Gasteiger partial charge in [0.1, 0.15) is 17.2 Å². The molecule has 1 aliphatic rings. The number of ether oxygens (including phenoxy) is 1. The Hall–Kier alpha value is -3.37. The minimum absolute atomic E-state index is 0.0452. The van der Waals surface area contributed by atoms with Crippen molar-refractivity contribution in [3.8, 4) is 6.07 Å². The molecule has 30 heavy (non-hydrogen) atoms. The highest BCUT2D eigenvalue weighted by Crippen LogP contribution is 2.23. The van der Waals surface area contributed by atoms with Crippen LogP contribution in [0.25, 0.3) is 17.2 Å². The second-order valence-electron chi connectivity index (χ2n) is 7.61. The Labute approximate surface area is 175 Å². The van der Waals surface area contributed by atoms with E-state index in [0.29, 0.717) is 22.7 Å². The predicted molar refractivity (Wildman–Crippen MR) is 114 cm³/mol. The molecule has 7 nitrogen and oxygen atoms in total. The molecule has 7 heteroatoms. The first-order chi connectivity index (χ1) is 14.4. The van der Waals surface area contributed by atoms with Crippen molar-refractivity contribution in [2.24, 2.45) is 0 Å². The third-order valence-electron chi connectivity index (χ3n) is 5.44. The Morgan fingerprint density at radius 1 is 1.37 bits per heavy atom. The van der Waals surface area contributed by atoms with E-state index < -0.39 is 5.91 Å². The van der Waals surface area contributed by atoms with E-state index in [1.54, 1.807) is 31.2 Å². The number of carbonyl (C=O) groups excluding carboxylic acids is 1. The molecule has 4 rings (SSSR count). The van der Waals surface area contributed by atoms with Gasteiger partial charge in [-0.2, -0.15) is 5.26 Å². The maximum absolute atomic E-state index is 12.7. The van der Waals surface area contributed by atoms with E-state index >= 15 is 0 Å². The quantitative estimate of drug-likeness (QED) is 0.506. The molecule has 1 N–H and O–H groups in total. The number of nitrogens with zero attached hydrogens (tertiary/aromatic N) is 3. The molecule has 0 bridgehead atoms. The van der Waals surface area contributed by atoms with Crippen LogP contribution in [0.4, 0.5) is 5.69 Å². The maximum Gasteiger partial charge on any atom is 0.266 e. The van der Waals surface area contributed by atoms with Crippen molar-refractivity contribution < 1.29 is 13.9 Å². The van der Waals surface area contributed by atoms with Crippen LogP contribution in [0.3, 0.4) is 0 Å². The van der Waals surface area contributed by atoms with Gasteiger partial charge >= 0.3 is 0 Å². The minimum atomic E-state index is -0.457. The van der Waals surface area contributed by atoms with Crippen LogP contribution in [0.15, 0.2) is 34.3 Å². The van der Waals surface area contributed by atoms with Gasteiger partial charge in [0.15, 0.2) is 11.5 Å². The fraction of sp³-hybridized carbons (Fsp3) is 0.348. The zero-order valence-corrected chi connectivity index (χ0v) is 17.4. The Kier molecular flexibility index (Phi) is 5.42. The molecule has 1 amide bonds. The van der Waals surface area contributed by atoms with Gasteiger partial charge in [-0.3, -0.25) is 4.79 Å². The summed E-state index contributed by atoms with van der Waals surface area (Å²) in [5.74, 6) is 0.102. The van der Waals surface area contributed by atoms with E-state index in [-0.39, 0.29) is 11.7 Å². The molecule has 154 valence electrons. The standard InChI is InChI=1S/C23H24N4O3/c1-14-9-17(15(2)27(14)13-20-5-4-8-29-20)10-18(12-24)23(28)26-19-6-7-22-21(11-19)25-16(3)30-22/h6-7,9-11,20H,4-5,8,13H2,1-3H3,(H,26,28)/b18-10+. The second-order valence-corrected chi connectivity index (χ2v) is 7.61. The number of oxazole rings is 1. The molecule has 1 saturated heterocycles. The van der Waals surface area contributed by atoms with Crippen LogP contribution in [-0.2, 0) is 16.1 Å². The lowest BCUT2D eigenvalue weighted by molar-refractivity contribution is -0.112. The number of nitrogens with one attached hydrogen (secondary N) is 1. The molecule has 0 aliphatic carbocycles. The van der Waals surface area contributed by atoms with Crippen molar-refractivity contribution in [2.75, 3.05) is 11.9 Å². The first-order valence-electron chi connectivity index (χ1n) is 10.0. The van der Waals surface area contributed by atoms with Crippen LogP contribution in [0, 0.1) is 32.1 Å². The van der Waals surface area contributed by atoms with Crippen LogP contribution in [0.1, 0.15) is 35.7 Å². The van der Waals surface area contributed by atoms with Crippen molar-refractivity contribution in [1.82, 2.24) is 9.55 Å². The summed E-state index contributed by atoms with van der Waals surface area (Å²) in [5, 5.41) is 12.4. The van der Waals surface area contributed by atoms with E-state index in [1.165, 1.54) is 0 Å². The summed E-state index contributed by atoms with van der Waals surface area (Å²) < 4.78 is 13.4. The van der Waals surface area contributed by atoms with Gasteiger partial charge in [-0.15, -0.1) is 0 Å². The van der Waals surface area contributed by atoms with E-state index in [4.69, 9.17) is 9.15 Å². The van der Waals surface area contributed by atoms with Gasteiger partial charge < -0.3 is 19.0 Å². The Balaban J connectivity index is 1.55. The second kappa shape index (κ2) is 8.17. The average Bonchev–Trinajstić information content (AvgIpc) is 3.41. The highest BCUT2D eigenvalue weighted by atomic mass is 16.5. The lowest BCUT2D eigenvalue weighted by atomic mass is 10.1. The molecule has 1 fully saturated rings. The lowest BCUT2D eigenvalue weighted by Crippen LogP contribution is -2.17. The number of anilines is 1. The molecule has 1 aliphatic heterocycles. The molecule has 0 saturated carbocycles. The van der Waals surface area contributed by atoms with Crippen molar-refractivity contribution >= 4 is 28.8 Å². The van der Waals surface area contributed by atoms with E-state index in [1.807, 2.05) is 26.0 Å². The summed E-state index contributed by atoms with van der Waals surface area (Å²) in [5.41, 5.74) is 4.88. The average molecular weight is 404 g/mol. The fourth-order valence-electron chi connectivity index (χ4n) is 3.87. The number of aryl methyl sites for hydroxylation is 2. The summed E-state index contributed by atoms with van der Waals surface area (Å²) in [7, 11) is 0. The number of nitriles is 1. The highest BCUT2D eigenvalue weighted by molar-refractivity contribution is 6.10. The molecular formula is C23H24N4O3. The van der Waals surface area contributed by atoms with E-state index in [2.05, 4.69) is 14.9 Å². The number of benzene rings is 1. The van der Waals surface area contributed by atoms with Crippen molar-refractivity contribution in [2.45, 2.75) is 46.3 Å². The Morgan fingerprint density at radius 3 is 2.93 bits per heavy atom. The smallest absolute Gasteiger partial charge is 0.266 e. The number of amides is 1. The zero-order valence-electron chi connectivity index (χ0n) is 17.4. The van der Waals surface area contributed by atoms with Crippen LogP contribution < -0.4 is 5.32 Å². The van der Waals surface area contributed by atoms with Gasteiger partial charge in [0.25, 0.3) is 5.91 Å². The predicted octanol–water partition coefficient (Wildman–Crippen LogP) is 4.28. The van der Waals surface area contributed by atoms with E-state index in [0.717, 1.165) is 42.9 Å². The van der Waals surface area contributed by atoms with Gasteiger partial charge in [0, 0.05) is 37.2 Å². The normalized spacial score (nSPS) is 16.7. The Morgan fingerprint density at radius 2 is 2.20 bits per heavy atom. The minimum Gasteiger partial charge on any atom is -0.441 e. The zero-order chi connectivity index (χ0) is 21.3. The number of aromatic nitrogens is 2. The van der Waals surface area contributed by atoms with Crippen LogP contribution in [0.2, 0.25) is 0 Å². The first-order valence-corrected chi connectivity index (χ1v) is 10.0. The molecule has 1 aromatic carbocycles. The van der Waals surface area contributed by atoms with Gasteiger partial charge in [-0.25, -0.2) is 4.98 Å². The summed E-state index contributed by atoms with van der Waals surface area (Å²) >= 11 is 0. The van der Waals surface area contributed by atoms with Crippen LogP contribution in [-0.4, -0.2) is 28.2 Å². The monoisotopic (exact) mass is 404 g/mol. The van der Waals surface area contributed by atoms with Crippen molar-refractivity contribution in [3.63, 3.8) is 0 Å². The molecule has 2 aromatic heterocycles. The third-order valence-corrected chi connectivity index (χ3v) is 5.44. The number of hydrogen-bond donors (Lipinski definition) is 1. The largest absolute Gasteiger partial charge is 0.441 e. The molecular weight excluding hydrogens is 380 g/mol. The maximum atomic E-state index is 12.7. The summed E-state index contributed by atoms with van der Waals surface area (Å²) in [4.78, 5) is 17.0. The molecule has 1 unspecified atom stereocenters. The number of carbonyl (C=O) groups is 1. The third kappa shape index (κ3) is 4.00. The topological polar surface area (TPSA) is 93.1 Å². The number of rotatable bonds is 5. The Bertz CT molecular complexity index is 1170. The lowest BCUT2D eigenvalue weighted by Gasteiger charge is -2.14. The molecule has 3 aromatic rings. The SMILES string of the molecule is Cc1nc2cc(NC(=O)/C(C#N)=C/c3cc(C)n(CC4CCCO4)c3C)ccc2o1. The van der Waals surface area contributed by atoms with Crippen molar-refractivity contribution in [3.05, 3.63) is 52.7 Å². The van der Waals surface area contributed by atoms with Gasteiger partial charge in [-0.05, 0) is 62.6 Å². The molecule has 3 heterocycles. The molecule has 1 atom stereocenters. The number of fused-ring (bicyclic) bond motifs is 1. The van der Waals surface area contributed by atoms with Crippen LogP contribution >= 0.6 is 0 Å². The first kappa shape index (κ1) is 19.9. The highest BCUT2D eigenvalue weighted by Gasteiger charge is 2.19.